The van der Waals surface area contributed by atoms with Crippen molar-refractivity contribution in [2.24, 2.45) is 0 Å². The van der Waals surface area contributed by atoms with Crippen LogP contribution in [0.15, 0.2) is 35.2 Å². The summed E-state index contributed by atoms with van der Waals surface area (Å²) in [5, 5.41) is 6.83. The van der Waals surface area contributed by atoms with E-state index >= 15 is 0 Å². The third-order valence-corrected chi connectivity index (χ3v) is 6.31. The lowest BCUT2D eigenvalue weighted by Gasteiger charge is -2.13. The standard InChI is InChI=1S/C19H15Cl2F3N4O5S/c1-9-4-5-14(32-3)15(6-9)34(30,31)26-18(29)16-10(2)28(27-25-16)17-12(20)7-11(8-13(17)21)33-19(22,23)24/h4-8H,1-3H3,(H,26,29). The van der Waals surface area contributed by atoms with Crippen molar-refractivity contribution >= 4 is 39.1 Å². The SMILES string of the molecule is COc1ccc(C)cc1S(=O)(=O)NC(=O)c1nnn(-c2c(Cl)cc(OC(F)(F)F)cc2Cl)c1C. The minimum Gasteiger partial charge on any atom is -0.495 e. The van der Waals surface area contributed by atoms with Gasteiger partial charge in [-0.2, -0.15) is 0 Å². The fourth-order valence-corrected chi connectivity index (χ4v) is 4.74. The molecule has 182 valence electrons. The van der Waals surface area contributed by atoms with Gasteiger partial charge in [0.25, 0.3) is 15.9 Å². The molecule has 0 aliphatic heterocycles. The van der Waals surface area contributed by atoms with Gasteiger partial charge in [0.05, 0.1) is 22.8 Å². The number of halogens is 5. The van der Waals surface area contributed by atoms with Crippen LogP contribution in [0.1, 0.15) is 21.7 Å². The van der Waals surface area contributed by atoms with Gasteiger partial charge in [-0.25, -0.2) is 17.8 Å². The van der Waals surface area contributed by atoms with Crippen molar-refractivity contribution < 1.29 is 35.9 Å². The maximum atomic E-state index is 12.8. The van der Waals surface area contributed by atoms with E-state index in [1.807, 2.05) is 4.72 Å². The maximum absolute atomic E-state index is 12.8. The molecular weight excluding hydrogens is 524 g/mol. The third kappa shape index (κ3) is 5.37. The molecule has 0 aliphatic rings. The number of amides is 1. The number of rotatable bonds is 6. The van der Waals surface area contributed by atoms with E-state index in [-0.39, 0.29) is 32.1 Å². The van der Waals surface area contributed by atoms with Crippen LogP contribution in [0.3, 0.4) is 0 Å². The lowest BCUT2D eigenvalue weighted by molar-refractivity contribution is -0.274. The quantitative estimate of drug-likeness (QED) is 0.500. The molecule has 1 aromatic heterocycles. The molecule has 1 N–H and O–H groups in total. The van der Waals surface area contributed by atoms with Crippen LogP contribution >= 0.6 is 23.2 Å². The fourth-order valence-electron chi connectivity index (χ4n) is 2.91. The molecule has 0 radical (unpaired) electrons. The summed E-state index contributed by atoms with van der Waals surface area (Å²) in [6.07, 6.45) is -4.96. The number of benzene rings is 2. The van der Waals surface area contributed by atoms with Crippen molar-refractivity contribution in [1.82, 2.24) is 19.7 Å². The molecule has 0 atom stereocenters. The highest BCUT2D eigenvalue weighted by Gasteiger charge is 2.32. The first-order valence-corrected chi connectivity index (χ1v) is 11.4. The fraction of sp³-hybridized carbons (Fsp3) is 0.211. The normalized spacial score (nSPS) is 11.9. The molecule has 3 aromatic rings. The molecule has 1 amide bonds. The number of nitrogens with one attached hydrogen (secondary N) is 1. The molecule has 3 rings (SSSR count). The van der Waals surface area contributed by atoms with E-state index in [0.29, 0.717) is 5.56 Å². The Hall–Kier alpha value is -3.03. The molecule has 34 heavy (non-hydrogen) atoms. The summed E-state index contributed by atoms with van der Waals surface area (Å²) in [5.41, 5.74) is 0.137. The summed E-state index contributed by atoms with van der Waals surface area (Å²) in [7, 11) is -3.08. The number of alkyl halides is 3. The van der Waals surface area contributed by atoms with Crippen molar-refractivity contribution in [3.05, 3.63) is 57.3 Å². The van der Waals surface area contributed by atoms with E-state index in [4.69, 9.17) is 27.9 Å². The second kappa shape index (κ2) is 9.31. The molecule has 0 bridgehead atoms. The van der Waals surface area contributed by atoms with Crippen molar-refractivity contribution in [3.63, 3.8) is 0 Å². The minimum absolute atomic E-state index is 0.0113. The molecule has 0 saturated carbocycles. The Morgan fingerprint density at radius 1 is 1.12 bits per heavy atom. The number of sulfonamides is 1. The average molecular weight is 539 g/mol. The number of aryl methyl sites for hydroxylation is 1. The van der Waals surface area contributed by atoms with Gasteiger partial charge in [0.2, 0.25) is 0 Å². The van der Waals surface area contributed by atoms with E-state index in [1.54, 1.807) is 13.0 Å². The van der Waals surface area contributed by atoms with Crippen LogP contribution in [0.2, 0.25) is 10.0 Å². The van der Waals surface area contributed by atoms with E-state index < -0.39 is 33.7 Å². The molecule has 0 spiro atoms. The van der Waals surface area contributed by atoms with E-state index in [2.05, 4.69) is 15.0 Å². The number of methoxy groups -OCH3 is 1. The van der Waals surface area contributed by atoms with Gasteiger partial charge in [0.1, 0.15) is 22.1 Å². The smallest absolute Gasteiger partial charge is 0.495 e. The van der Waals surface area contributed by atoms with E-state index in [0.717, 1.165) is 16.8 Å². The Balaban J connectivity index is 1.95. The van der Waals surface area contributed by atoms with Gasteiger partial charge >= 0.3 is 6.36 Å². The van der Waals surface area contributed by atoms with Crippen molar-refractivity contribution in [3.8, 4) is 17.2 Å². The molecule has 0 saturated heterocycles. The number of carbonyl (C=O) groups is 1. The Bertz CT molecular complexity index is 1350. The zero-order valence-corrected chi connectivity index (χ0v) is 19.9. The molecule has 0 fully saturated rings. The number of hydrogen-bond acceptors (Lipinski definition) is 7. The van der Waals surface area contributed by atoms with Gasteiger partial charge in [-0.15, -0.1) is 18.3 Å². The van der Waals surface area contributed by atoms with Crippen LogP contribution in [0.25, 0.3) is 5.69 Å². The number of aromatic nitrogens is 3. The first-order chi connectivity index (χ1) is 15.7. The summed E-state index contributed by atoms with van der Waals surface area (Å²) in [6.45, 7) is 3.02. The first-order valence-electron chi connectivity index (χ1n) is 9.12. The Labute approximate surface area is 201 Å². The van der Waals surface area contributed by atoms with Gasteiger partial charge in [-0.05, 0) is 31.5 Å². The molecule has 1 heterocycles. The topological polar surface area (TPSA) is 112 Å². The largest absolute Gasteiger partial charge is 0.573 e. The van der Waals surface area contributed by atoms with Crippen molar-refractivity contribution in [1.29, 1.82) is 0 Å². The average Bonchev–Trinajstić information content (AvgIpc) is 3.07. The minimum atomic E-state index is -4.96. The summed E-state index contributed by atoms with van der Waals surface area (Å²) in [4.78, 5) is 12.4. The molecule has 2 aromatic carbocycles. The summed E-state index contributed by atoms with van der Waals surface area (Å²) >= 11 is 12.1. The van der Waals surface area contributed by atoms with Crippen LogP contribution in [-0.2, 0) is 10.0 Å². The Kier molecular flexibility index (Phi) is 7.01. The van der Waals surface area contributed by atoms with Gasteiger partial charge in [0.15, 0.2) is 5.69 Å². The molecular formula is C19H15Cl2F3N4O5S. The summed E-state index contributed by atoms with van der Waals surface area (Å²) < 4.78 is 74.7. The maximum Gasteiger partial charge on any atom is 0.573 e. The van der Waals surface area contributed by atoms with Gasteiger partial charge in [-0.1, -0.05) is 34.5 Å². The van der Waals surface area contributed by atoms with Gasteiger partial charge < -0.3 is 9.47 Å². The second-order valence-corrected chi connectivity index (χ2v) is 9.27. The Morgan fingerprint density at radius 2 is 1.74 bits per heavy atom. The number of nitrogens with zero attached hydrogens (tertiary/aromatic N) is 3. The zero-order chi connectivity index (χ0) is 25.4. The van der Waals surface area contributed by atoms with E-state index in [9.17, 15) is 26.4 Å². The van der Waals surface area contributed by atoms with Crippen molar-refractivity contribution in [2.45, 2.75) is 25.1 Å². The lowest BCUT2D eigenvalue weighted by Crippen LogP contribution is -2.31. The monoisotopic (exact) mass is 538 g/mol. The van der Waals surface area contributed by atoms with Crippen LogP contribution in [0.4, 0.5) is 13.2 Å². The van der Waals surface area contributed by atoms with Crippen LogP contribution in [-0.4, -0.2) is 42.8 Å². The van der Waals surface area contributed by atoms with Crippen LogP contribution in [0, 0.1) is 13.8 Å². The highest BCUT2D eigenvalue weighted by Crippen LogP contribution is 2.36. The predicted molar refractivity (Wildman–Crippen MR) is 115 cm³/mol. The van der Waals surface area contributed by atoms with Crippen molar-refractivity contribution in [2.75, 3.05) is 7.11 Å². The zero-order valence-electron chi connectivity index (χ0n) is 17.6. The predicted octanol–water partition coefficient (Wildman–Crippen LogP) is 4.22. The molecule has 0 unspecified atom stereocenters. The van der Waals surface area contributed by atoms with Crippen LogP contribution in [0.5, 0.6) is 11.5 Å². The molecule has 0 aliphatic carbocycles. The van der Waals surface area contributed by atoms with Gasteiger partial charge in [0, 0.05) is 12.1 Å². The summed E-state index contributed by atoms with van der Waals surface area (Å²) in [6, 6.07) is 6.10. The highest BCUT2D eigenvalue weighted by molar-refractivity contribution is 7.90. The molecule has 15 heteroatoms. The number of hydrogen-bond donors (Lipinski definition) is 1. The summed E-state index contributed by atoms with van der Waals surface area (Å²) in [5.74, 6) is -1.76. The highest BCUT2D eigenvalue weighted by atomic mass is 35.5. The van der Waals surface area contributed by atoms with E-state index in [1.165, 1.54) is 26.2 Å². The van der Waals surface area contributed by atoms with Gasteiger partial charge in [-0.3, -0.25) is 4.79 Å². The number of carbonyl (C=O) groups excluding carboxylic acids is 1. The molecule has 9 nitrogen and oxygen atoms in total. The Morgan fingerprint density at radius 3 is 2.29 bits per heavy atom. The van der Waals surface area contributed by atoms with Crippen LogP contribution < -0.4 is 14.2 Å². The third-order valence-electron chi connectivity index (χ3n) is 4.38. The lowest BCUT2D eigenvalue weighted by atomic mass is 10.2. The number of ether oxygens (including phenoxy) is 2. The second-order valence-electron chi connectivity index (χ2n) is 6.81. The first kappa shape index (κ1) is 25.6.